The molecular weight excluding hydrogens is 309 g/mol. The monoisotopic (exact) mass is 335 g/mol. The van der Waals surface area contributed by atoms with Gasteiger partial charge in [-0.15, -0.1) is 0 Å². The van der Waals surface area contributed by atoms with Crippen molar-refractivity contribution in [3.63, 3.8) is 0 Å². The first-order chi connectivity index (χ1) is 7.57. The molecule has 1 aliphatic carbocycles. The van der Waals surface area contributed by atoms with E-state index in [2.05, 4.69) is 41.3 Å². The van der Waals surface area contributed by atoms with Gasteiger partial charge in [-0.2, -0.15) is 0 Å². The van der Waals surface area contributed by atoms with Crippen LogP contribution >= 0.6 is 22.6 Å². The topological polar surface area (TPSA) is 3.24 Å². The summed E-state index contributed by atoms with van der Waals surface area (Å²) in [7, 11) is 0. The molecule has 0 N–H and O–H groups in total. The SMILES string of the molecule is CC(C)(I)C1CCC(N2CCCCC2)CC1. The molecule has 94 valence electrons. The molecule has 0 aromatic heterocycles. The van der Waals surface area contributed by atoms with Crippen LogP contribution in [0.25, 0.3) is 0 Å². The lowest BCUT2D eigenvalue weighted by Crippen LogP contribution is -2.42. The lowest BCUT2D eigenvalue weighted by molar-refractivity contribution is 0.110. The van der Waals surface area contributed by atoms with Crippen molar-refractivity contribution in [3.8, 4) is 0 Å². The van der Waals surface area contributed by atoms with E-state index in [1.807, 2.05) is 0 Å². The molecule has 0 atom stereocenters. The van der Waals surface area contributed by atoms with Crippen LogP contribution in [0.2, 0.25) is 0 Å². The number of hydrogen-bond acceptors (Lipinski definition) is 1. The van der Waals surface area contributed by atoms with Gasteiger partial charge in [0, 0.05) is 9.46 Å². The molecule has 0 aromatic carbocycles. The van der Waals surface area contributed by atoms with Crippen LogP contribution in [0.3, 0.4) is 0 Å². The summed E-state index contributed by atoms with van der Waals surface area (Å²) in [6.45, 7) is 7.56. The first-order valence-electron chi connectivity index (χ1n) is 7.00. The van der Waals surface area contributed by atoms with Crippen LogP contribution in [0.15, 0.2) is 0 Å². The van der Waals surface area contributed by atoms with Crippen molar-refractivity contribution < 1.29 is 0 Å². The van der Waals surface area contributed by atoms with Gasteiger partial charge in [-0.25, -0.2) is 0 Å². The summed E-state index contributed by atoms with van der Waals surface area (Å²) in [5, 5.41) is 0. The van der Waals surface area contributed by atoms with Crippen LogP contribution in [0.5, 0.6) is 0 Å². The Kier molecular flexibility index (Phi) is 4.56. The zero-order valence-corrected chi connectivity index (χ0v) is 13.0. The van der Waals surface area contributed by atoms with Crippen LogP contribution in [-0.2, 0) is 0 Å². The molecule has 1 heterocycles. The molecule has 0 amide bonds. The van der Waals surface area contributed by atoms with Crippen molar-refractivity contribution in [2.75, 3.05) is 13.1 Å². The van der Waals surface area contributed by atoms with Gasteiger partial charge in [-0.05, 0) is 57.5 Å². The quantitative estimate of drug-likeness (QED) is 0.539. The van der Waals surface area contributed by atoms with Crippen molar-refractivity contribution in [2.45, 2.75) is 68.3 Å². The Bertz CT molecular complexity index is 207. The molecule has 2 rings (SSSR count). The Morgan fingerprint density at radius 2 is 1.50 bits per heavy atom. The summed E-state index contributed by atoms with van der Waals surface area (Å²) < 4.78 is 0.505. The van der Waals surface area contributed by atoms with Gasteiger partial charge >= 0.3 is 0 Å². The van der Waals surface area contributed by atoms with Gasteiger partial charge in [-0.3, -0.25) is 0 Å². The van der Waals surface area contributed by atoms with Crippen LogP contribution in [0.4, 0.5) is 0 Å². The van der Waals surface area contributed by atoms with Crippen molar-refractivity contribution in [3.05, 3.63) is 0 Å². The zero-order valence-electron chi connectivity index (χ0n) is 10.8. The van der Waals surface area contributed by atoms with Gasteiger partial charge in [0.15, 0.2) is 0 Å². The smallest absolute Gasteiger partial charge is 0.0194 e. The van der Waals surface area contributed by atoms with E-state index in [4.69, 9.17) is 0 Å². The maximum atomic E-state index is 2.78. The summed E-state index contributed by atoms with van der Waals surface area (Å²) in [5.41, 5.74) is 0. The Morgan fingerprint density at radius 3 is 2.00 bits per heavy atom. The number of hydrogen-bond donors (Lipinski definition) is 0. The van der Waals surface area contributed by atoms with Crippen LogP contribution in [0, 0.1) is 5.92 Å². The molecule has 1 saturated carbocycles. The fourth-order valence-electron chi connectivity index (χ4n) is 3.41. The zero-order chi connectivity index (χ0) is 11.6. The first-order valence-corrected chi connectivity index (χ1v) is 8.08. The lowest BCUT2D eigenvalue weighted by Gasteiger charge is -2.41. The number of alkyl halides is 1. The van der Waals surface area contributed by atoms with Crippen LogP contribution in [0.1, 0.15) is 58.8 Å². The Hall–Kier alpha value is 0.690. The Labute approximate surface area is 114 Å². The molecule has 1 nitrogen and oxygen atoms in total. The molecule has 2 heteroatoms. The first kappa shape index (κ1) is 13.1. The largest absolute Gasteiger partial charge is 0.300 e. The lowest BCUT2D eigenvalue weighted by atomic mass is 9.79. The summed E-state index contributed by atoms with van der Waals surface area (Å²) in [5.74, 6) is 0.953. The maximum Gasteiger partial charge on any atom is 0.0194 e. The summed E-state index contributed by atoms with van der Waals surface area (Å²) in [6.07, 6.45) is 10.2. The summed E-state index contributed by atoms with van der Waals surface area (Å²) >= 11 is 2.64. The number of nitrogens with zero attached hydrogens (tertiary/aromatic N) is 1. The van der Waals surface area contributed by atoms with E-state index in [0.717, 1.165) is 12.0 Å². The molecule has 0 radical (unpaired) electrons. The van der Waals surface area contributed by atoms with E-state index in [-0.39, 0.29) is 0 Å². The average Bonchev–Trinajstić information content (AvgIpc) is 2.29. The molecule has 0 bridgehead atoms. The van der Waals surface area contributed by atoms with Crippen molar-refractivity contribution in [2.24, 2.45) is 5.92 Å². The van der Waals surface area contributed by atoms with Gasteiger partial charge in [0.25, 0.3) is 0 Å². The molecule has 16 heavy (non-hydrogen) atoms. The predicted molar refractivity (Wildman–Crippen MR) is 79.3 cm³/mol. The number of halogens is 1. The second-order valence-electron chi connectivity index (χ2n) is 6.17. The van der Waals surface area contributed by atoms with Gasteiger partial charge in [0.1, 0.15) is 0 Å². The van der Waals surface area contributed by atoms with E-state index in [0.29, 0.717) is 3.42 Å². The highest BCUT2D eigenvalue weighted by Crippen LogP contribution is 2.39. The van der Waals surface area contributed by atoms with Crippen molar-refractivity contribution >= 4 is 22.6 Å². The van der Waals surface area contributed by atoms with Crippen LogP contribution < -0.4 is 0 Å². The highest BCUT2D eigenvalue weighted by Gasteiger charge is 2.33. The van der Waals surface area contributed by atoms with E-state index < -0.39 is 0 Å². The number of piperidine rings is 1. The molecule has 1 aliphatic heterocycles. The van der Waals surface area contributed by atoms with E-state index in [9.17, 15) is 0 Å². The average molecular weight is 335 g/mol. The highest BCUT2D eigenvalue weighted by atomic mass is 127. The molecule has 0 aromatic rings. The highest BCUT2D eigenvalue weighted by molar-refractivity contribution is 14.1. The third kappa shape index (κ3) is 3.34. The molecule has 0 unspecified atom stereocenters. The van der Waals surface area contributed by atoms with Crippen LogP contribution in [-0.4, -0.2) is 27.5 Å². The second-order valence-corrected chi connectivity index (χ2v) is 8.95. The van der Waals surface area contributed by atoms with Crippen molar-refractivity contribution in [1.29, 1.82) is 0 Å². The van der Waals surface area contributed by atoms with Gasteiger partial charge in [-0.1, -0.05) is 42.9 Å². The third-order valence-electron chi connectivity index (χ3n) is 4.57. The molecule has 0 spiro atoms. The van der Waals surface area contributed by atoms with E-state index in [1.54, 1.807) is 0 Å². The third-order valence-corrected chi connectivity index (χ3v) is 5.46. The molecular formula is C14H26IN. The second kappa shape index (κ2) is 5.55. The normalized spacial score (nSPS) is 33.9. The fraction of sp³-hybridized carbons (Fsp3) is 1.00. The minimum atomic E-state index is 0.505. The molecule has 1 saturated heterocycles. The predicted octanol–water partition coefficient (Wildman–Crippen LogP) is 4.24. The van der Waals surface area contributed by atoms with Gasteiger partial charge in [0.05, 0.1) is 0 Å². The molecule has 2 aliphatic rings. The minimum Gasteiger partial charge on any atom is -0.300 e. The minimum absolute atomic E-state index is 0.505. The van der Waals surface area contributed by atoms with Gasteiger partial charge < -0.3 is 4.90 Å². The van der Waals surface area contributed by atoms with E-state index in [1.165, 1.54) is 58.0 Å². The number of rotatable bonds is 2. The maximum absolute atomic E-state index is 2.78. The summed E-state index contributed by atoms with van der Waals surface area (Å²) in [6, 6.07) is 0.926. The standard InChI is InChI=1S/C14H26IN/c1-14(2,15)12-6-8-13(9-7-12)16-10-4-3-5-11-16/h12-13H,3-11H2,1-2H3. The Balaban J connectivity index is 1.80. The van der Waals surface area contributed by atoms with Crippen molar-refractivity contribution in [1.82, 2.24) is 4.90 Å². The van der Waals surface area contributed by atoms with E-state index >= 15 is 0 Å². The summed E-state index contributed by atoms with van der Waals surface area (Å²) in [4.78, 5) is 2.78. The molecule has 2 fully saturated rings. The fourth-order valence-corrected chi connectivity index (χ4v) is 4.03. The number of likely N-dealkylation sites (tertiary alicyclic amines) is 1. The van der Waals surface area contributed by atoms with Gasteiger partial charge in [0.2, 0.25) is 0 Å². The Morgan fingerprint density at radius 1 is 0.938 bits per heavy atom.